The lowest BCUT2D eigenvalue weighted by molar-refractivity contribution is -0.142. The average molecular weight is 247 g/mol. The highest BCUT2D eigenvalue weighted by Crippen LogP contribution is 2.62. The molecule has 1 fully saturated rings. The first kappa shape index (κ1) is 11.3. The van der Waals surface area contributed by atoms with Crippen LogP contribution in [0.25, 0.3) is 0 Å². The third-order valence-electron chi connectivity index (χ3n) is 2.94. The highest BCUT2D eigenvalue weighted by Gasteiger charge is 2.77. The van der Waals surface area contributed by atoms with Gasteiger partial charge in [-0.1, -0.05) is 23.7 Å². The summed E-state index contributed by atoms with van der Waals surface area (Å²) in [6.45, 7) is 1.76. The molecule has 1 aliphatic carbocycles. The normalized spacial score (nSPS) is 26.5. The second-order valence-corrected chi connectivity index (χ2v) is 4.48. The molecule has 86 valence electrons. The van der Waals surface area contributed by atoms with Gasteiger partial charge in [0.05, 0.1) is 0 Å². The number of alkyl halides is 2. The van der Waals surface area contributed by atoms with Crippen molar-refractivity contribution in [2.75, 3.05) is 0 Å². The minimum atomic E-state index is -3.21. The number of benzene rings is 1. The van der Waals surface area contributed by atoms with Gasteiger partial charge in [0.25, 0.3) is 5.92 Å². The van der Waals surface area contributed by atoms with E-state index in [1.54, 1.807) is 13.0 Å². The fourth-order valence-electron chi connectivity index (χ4n) is 1.89. The van der Waals surface area contributed by atoms with Gasteiger partial charge >= 0.3 is 5.97 Å². The van der Waals surface area contributed by atoms with Gasteiger partial charge < -0.3 is 5.11 Å². The maximum absolute atomic E-state index is 13.2. The van der Waals surface area contributed by atoms with Gasteiger partial charge in [0, 0.05) is 11.4 Å². The van der Waals surface area contributed by atoms with Gasteiger partial charge in [0.15, 0.2) is 5.41 Å². The van der Waals surface area contributed by atoms with E-state index >= 15 is 0 Å². The number of carboxylic acids is 1. The van der Waals surface area contributed by atoms with Crippen LogP contribution in [0.2, 0.25) is 5.02 Å². The molecule has 1 N–H and O–H groups in total. The standard InChI is InChI=1S/C11H9ClF2O2/c1-6-2-3-7(8(12)4-6)10(9(15)16)5-11(10,13)14/h2-4H,5H2,1H3,(H,15,16). The third kappa shape index (κ3) is 1.33. The molecule has 1 saturated carbocycles. The van der Waals surface area contributed by atoms with Crippen LogP contribution in [0.5, 0.6) is 0 Å². The summed E-state index contributed by atoms with van der Waals surface area (Å²) in [5.41, 5.74) is -1.33. The summed E-state index contributed by atoms with van der Waals surface area (Å²) in [7, 11) is 0. The van der Waals surface area contributed by atoms with Crippen LogP contribution in [0.4, 0.5) is 8.78 Å². The zero-order valence-electron chi connectivity index (χ0n) is 8.43. The van der Waals surface area contributed by atoms with E-state index in [0.717, 1.165) is 5.56 Å². The van der Waals surface area contributed by atoms with E-state index in [-0.39, 0.29) is 10.6 Å². The van der Waals surface area contributed by atoms with Crippen LogP contribution < -0.4 is 0 Å². The molecule has 0 spiro atoms. The summed E-state index contributed by atoms with van der Waals surface area (Å²) in [6.07, 6.45) is -0.682. The van der Waals surface area contributed by atoms with E-state index in [4.69, 9.17) is 16.7 Å². The van der Waals surface area contributed by atoms with E-state index in [2.05, 4.69) is 0 Å². The van der Waals surface area contributed by atoms with Gasteiger partial charge in [-0.25, -0.2) is 8.78 Å². The third-order valence-corrected chi connectivity index (χ3v) is 3.25. The Kier molecular flexibility index (Phi) is 2.24. The molecule has 1 unspecified atom stereocenters. The molecule has 5 heteroatoms. The Bertz CT molecular complexity index is 473. The number of carbonyl (C=O) groups is 1. The van der Waals surface area contributed by atoms with Crippen molar-refractivity contribution in [1.82, 2.24) is 0 Å². The van der Waals surface area contributed by atoms with E-state index in [1.807, 2.05) is 0 Å². The molecule has 16 heavy (non-hydrogen) atoms. The Labute approximate surface area is 95.8 Å². The Balaban J connectivity index is 2.56. The Hall–Kier alpha value is -1.16. The first-order chi connectivity index (χ1) is 7.31. The van der Waals surface area contributed by atoms with Gasteiger partial charge in [-0.15, -0.1) is 0 Å². The average Bonchev–Trinajstić information content (AvgIpc) is 2.70. The fraction of sp³-hybridized carbons (Fsp3) is 0.364. The molecule has 1 aromatic rings. The largest absolute Gasteiger partial charge is 0.480 e. The zero-order chi connectivity index (χ0) is 12.1. The summed E-state index contributed by atoms with van der Waals surface area (Å²) in [5, 5.41) is 9.03. The Morgan fingerprint density at radius 2 is 2.06 bits per heavy atom. The van der Waals surface area contributed by atoms with E-state index in [0.29, 0.717) is 0 Å². The van der Waals surface area contributed by atoms with Crippen LogP contribution >= 0.6 is 11.6 Å². The SMILES string of the molecule is Cc1ccc(C2(C(=O)O)CC2(F)F)c(Cl)c1. The summed E-state index contributed by atoms with van der Waals surface area (Å²) in [6, 6.07) is 4.45. The maximum Gasteiger partial charge on any atom is 0.320 e. The molecule has 0 bridgehead atoms. The van der Waals surface area contributed by atoms with Crippen LogP contribution in [0.15, 0.2) is 18.2 Å². The lowest BCUT2D eigenvalue weighted by atomic mass is 9.94. The molecular formula is C11H9ClF2O2. The highest BCUT2D eigenvalue weighted by atomic mass is 35.5. The van der Waals surface area contributed by atoms with E-state index < -0.39 is 23.7 Å². The molecule has 0 aliphatic heterocycles. The second kappa shape index (κ2) is 3.17. The van der Waals surface area contributed by atoms with Crippen molar-refractivity contribution in [3.63, 3.8) is 0 Å². The molecule has 0 amide bonds. The lowest BCUT2D eigenvalue weighted by Crippen LogP contribution is -2.27. The number of halogens is 3. The van der Waals surface area contributed by atoms with Crippen LogP contribution in [-0.2, 0) is 10.2 Å². The number of aryl methyl sites for hydroxylation is 1. The van der Waals surface area contributed by atoms with Crippen molar-refractivity contribution in [2.24, 2.45) is 0 Å². The number of carboxylic acid groups (broad SMARTS) is 1. The molecule has 1 aromatic carbocycles. The van der Waals surface area contributed by atoms with E-state index in [1.165, 1.54) is 12.1 Å². The quantitative estimate of drug-likeness (QED) is 0.871. The van der Waals surface area contributed by atoms with Crippen LogP contribution in [0.1, 0.15) is 17.5 Å². The number of hydrogen-bond donors (Lipinski definition) is 1. The van der Waals surface area contributed by atoms with Gasteiger partial charge in [-0.05, 0) is 24.1 Å². The molecule has 0 saturated heterocycles. The minimum absolute atomic E-state index is 0.00253. The predicted octanol–water partition coefficient (Wildman–Crippen LogP) is 3.01. The van der Waals surface area contributed by atoms with Crippen molar-refractivity contribution in [1.29, 1.82) is 0 Å². The maximum atomic E-state index is 13.2. The zero-order valence-corrected chi connectivity index (χ0v) is 9.18. The molecule has 2 rings (SSSR count). The lowest BCUT2D eigenvalue weighted by Gasteiger charge is -2.13. The molecule has 0 aromatic heterocycles. The van der Waals surface area contributed by atoms with Crippen LogP contribution in [-0.4, -0.2) is 17.0 Å². The smallest absolute Gasteiger partial charge is 0.320 e. The first-order valence-electron chi connectivity index (χ1n) is 4.69. The first-order valence-corrected chi connectivity index (χ1v) is 5.07. The molecule has 0 heterocycles. The van der Waals surface area contributed by atoms with Crippen molar-refractivity contribution in [2.45, 2.75) is 24.7 Å². The van der Waals surface area contributed by atoms with Crippen molar-refractivity contribution in [3.8, 4) is 0 Å². The molecule has 1 atom stereocenters. The summed E-state index contributed by atoms with van der Waals surface area (Å²) in [5.74, 6) is -4.74. The molecule has 1 aliphatic rings. The number of aliphatic carboxylic acids is 1. The Morgan fingerprint density at radius 3 is 2.44 bits per heavy atom. The van der Waals surface area contributed by atoms with Crippen LogP contribution in [0, 0.1) is 6.92 Å². The summed E-state index contributed by atoms with van der Waals surface area (Å²) >= 11 is 5.83. The van der Waals surface area contributed by atoms with Gasteiger partial charge in [-0.3, -0.25) is 4.79 Å². The highest BCUT2D eigenvalue weighted by molar-refractivity contribution is 6.32. The molecular weight excluding hydrogens is 238 g/mol. The van der Waals surface area contributed by atoms with Crippen molar-refractivity contribution in [3.05, 3.63) is 34.3 Å². The summed E-state index contributed by atoms with van der Waals surface area (Å²) < 4.78 is 26.5. The van der Waals surface area contributed by atoms with Gasteiger partial charge in [0.1, 0.15) is 0 Å². The monoisotopic (exact) mass is 246 g/mol. The fourth-order valence-corrected chi connectivity index (χ4v) is 2.29. The number of hydrogen-bond acceptors (Lipinski definition) is 1. The van der Waals surface area contributed by atoms with Gasteiger partial charge in [-0.2, -0.15) is 0 Å². The van der Waals surface area contributed by atoms with Crippen molar-refractivity contribution < 1.29 is 18.7 Å². The van der Waals surface area contributed by atoms with E-state index in [9.17, 15) is 13.6 Å². The van der Waals surface area contributed by atoms with Crippen molar-refractivity contribution >= 4 is 17.6 Å². The Morgan fingerprint density at radius 1 is 1.50 bits per heavy atom. The van der Waals surface area contributed by atoms with Gasteiger partial charge in [0.2, 0.25) is 0 Å². The van der Waals surface area contributed by atoms with Crippen LogP contribution in [0.3, 0.4) is 0 Å². The topological polar surface area (TPSA) is 37.3 Å². The predicted molar refractivity (Wildman–Crippen MR) is 55.1 cm³/mol. The molecule has 2 nitrogen and oxygen atoms in total. The summed E-state index contributed by atoms with van der Waals surface area (Å²) in [4.78, 5) is 11.0. The number of rotatable bonds is 2. The second-order valence-electron chi connectivity index (χ2n) is 4.08. The molecule has 0 radical (unpaired) electrons. The minimum Gasteiger partial charge on any atom is -0.480 e.